The van der Waals surface area contributed by atoms with Crippen LogP contribution in [0.1, 0.15) is 11.1 Å². The van der Waals surface area contributed by atoms with Crippen molar-refractivity contribution in [1.82, 2.24) is 0 Å². The van der Waals surface area contributed by atoms with Gasteiger partial charge < -0.3 is 10.5 Å². The van der Waals surface area contributed by atoms with Crippen LogP contribution in [-0.4, -0.2) is 7.11 Å². The Balaban J connectivity index is 2.28. The second-order valence-corrected chi connectivity index (χ2v) is 3.83. The van der Waals surface area contributed by atoms with Gasteiger partial charge in [0.2, 0.25) is 0 Å². The van der Waals surface area contributed by atoms with Gasteiger partial charge in [0.1, 0.15) is 11.6 Å². The summed E-state index contributed by atoms with van der Waals surface area (Å²) in [4.78, 5) is 0. The molecule has 2 nitrogen and oxygen atoms in total. The SMILES string of the molecule is COc1ccc(Cc2ccccc2F)c(N)c1. The Hall–Kier alpha value is -2.03. The minimum atomic E-state index is -0.206. The molecule has 0 unspecified atom stereocenters. The predicted octanol–water partition coefficient (Wildman–Crippen LogP) is 3.01. The molecule has 3 heteroatoms. The van der Waals surface area contributed by atoms with E-state index >= 15 is 0 Å². The standard InChI is InChI=1S/C14H14FNO/c1-17-12-7-6-11(14(16)9-12)8-10-4-2-3-5-13(10)15/h2-7,9H,8,16H2,1H3. The van der Waals surface area contributed by atoms with Gasteiger partial charge in [-0.05, 0) is 23.3 Å². The van der Waals surface area contributed by atoms with Gasteiger partial charge >= 0.3 is 0 Å². The maximum atomic E-state index is 13.5. The highest BCUT2D eigenvalue weighted by molar-refractivity contribution is 5.53. The summed E-state index contributed by atoms with van der Waals surface area (Å²) in [5, 5.41) is 0. The van der Waals surface area contributed by atoms with Gasteiger partial charge in [0, 0.05) is 18.2 Å². The average molecular weight is 231 g/mol. The summed E-state index contributed by atoms with van der Waals surface area (Å²) in [6.45, 7) is 0. The Bertz CT molecular complexity index is 525. The minimum absolute atomic E-state index is 0.206. The number of hydrogen-bond donors (Lipinski definition) is 1. The zero-order valence-corrected chi connectivity index (χ0v) is 9.61. The summed E-state index contributed by atoms with van der Waals surface area (Å²) in [5.41, 5.74) is 8.05. The van der Waals surface area contributed by atoms with Gasteiger partial charge in [-0.2, -0.15) is 0 Å². The molecule has 0 atom stereocenters. The van der Waals surface area contributed by atoms with Gasteiger partial charge in [-0.15, -0.1) is 0 Å². The van der Waals surface area contributed by atoms with Crippen molar-refractivity contribution in [1.29, 1.82) is 0 Å². The largest absolute Gasteiger partial charge is 0.497 e. The number of nitrogens with two attached hydrogens (primary N) is 1. The lowest BCUT2D eigenvalue weighted by molar-refractivity contribution is 0.415. The number of nitrogen functional groups attached to an aromatic ring is 1. The molecule has 0 aliphatic rings. The molecule has 0 saturated heterocycles. The topological polar surface area (TPSA) is 35.2 Å². The summed E-state index contributed by atoms with van der Waals surface area (Å²) in [5.74, 6) is 0.502. The molecular weight excluding hydrogens is 217 g/mol. The lowest BCUT2D eigenvalue weighted by Gasteiger charge is -2.08. The van der Waals surface area contributed by atoms with E-state index in [2.05, 4.69) is 0 Å². The Morgan fingerprint density at radius 3 is 2.53 bits per heavy atom. The number of halogens is 1. The first kappa shape index (κ1) is 11.5. The molecule has 0 radical (unpaired) electrons. The van der Waals surface area contributed by atoms with Crippen LogP contribution in [0.3, 0.4) is 0 Å². The molecule has 2 aromatic rings. The van der Waals surface area contributed by atoms with Gasteiger partial charge in [-0.25, -0.2) is 4.39 Å². The van der Waals surface area contributed by atoms with Crippen LogP contribution in [-0.2, 0) is 6.42 Å². The number of ether oxygens (including phenoxy) is 1. The van der Waals surface area contributed by atoms with Crippen LogP contribution >= 0.6 is 0 Å². The zero-order chi connectivity index (χ0) is 12.3. The molecular formula is C14H14FNO. The van der Waals surface area contributed by atoms with Crippen LogP contribution in [0.4, 0.5) is 10.1 Å². The summed E-state index contributed by atoms with van der Waals surface area (Å²) in [7, 11) is 1.59. The molecule has 0 amide bonds. The van der Waals surface area contributed by atoms with Crippen molar-refractivity contribution in [3.63, 3.8) is 0 Å². The number of hydrogen-bond acceptors (Lipinski definition) is 2. The third-order valence-corrected chi connectivity index (χ3v) is 2.69. The van der Waals surface area contributed by atoms with E-state index in [-0.39, 0.29) is 5.82 Å². The molecule has 2 rings (SSSR count). The minimum Gasteiger partial charge on any atom is -0.497 e. The summed E-state index contributed by atoms with van der Waals surface area (Å²) in [6, 6.07) is 12.1. The first-order chi connectivity index (χ1) is 8.20. The van der Waals surface area contributed by atoms with Crippen LogP contribution < -0.4 is 10.5 Å². The van der Waals surface area contributed by atoms with Crippen molar-refractivity contribution in [2.75, 3.05) is 12.8 Å². The molecule has 88 valence electrons. The molecule has 2 N–H and O–H groups in total. The van der Waals surface area contributed by atoms with Gasteiger partial charge in [-0.3, -0.25) is 0 Å². The summed E-state index contributed by atoms with van der Waals surface area (Å²) < 4.78 is 18.6. The molecule has 0 heterocycles. The van der Waals surface area contributed by atoms with E-state index in [9.17, 15) is 4.39 Å². The number of rotatable bonds is 3. The van der Waals surface area contributed by atoms with Crippen molar-refractivity contribution in [3.8, 4) is 5.75 Å². The Morgan fingerprint density at radius 1 is 1.12 bits per heavy atom. The van der Waals surface area contributed by atoms with Crippen LogP contribution in [0, 0.1) is 5.82 Å². The smallest absolute Gasteiger partial charge is 0.126 e. The third kappa shape index (κ3) is 2.56. The number of benzene rings is 2. The first-order valence-corrected chi connectivity index (χ1v) is 5.36. The third-order valence-electron chi connectivity index (χ3n) is 2.69. The highest BCUT2D eigenvalue weighted by Crippen LogP contribution is 2.23. The zero-order valence-electron chi connectivity index (χ0n) is 9.61. The van der Waals surface area contributed by atoms with E-state index in [0.29, 0.717) is 23.4 Å². The Labute approximate surface area is 99.8 Å². The molecule has 17 heavy (non-hydrogen) atoms. The Morgan fingerprint density at radius 2 is 1.88 bits per heavy atom. The van der Waals surface area contributed by atoms with Gasteiger partial charge in [0.25, 0.3) is 0 Å². The highest BCUT2D eigenvalue weighted by atomic mass is 19.1. The van der Waals surface area contributed by atoms with Crippen molar-refractivity contribution in [3.05, 3.63) is 59.4 Å². The van der Waals surface area contributed by atoms with Crippen LogP contribution in [0.25, 0.3) is 0 Å². The van der Waals surface area contributed by atoms with E-state index in [1.54, 1.807) is 25.3 Å². The fourth-order valence-corrected chi connectivity index (χ4v) is 1.71. The van der Waals surface area contributed by atoms with Gasteiger partial charge in [0.15, 0.2) is 0 Å². The van der Waals surface area contributed by atoms with Gasteiger partial charge in [-0.1, -0.05) is 24.3 Å². The summed E-state index contributed by atoms with van der Waals surface area (Å²) >= 11 is 0. The highest BCUT2D eigenvalue weighted by Gasteiger charge is 2.06. The van der Waals surface area contributed by atoms with Crippen molar-refractivity contribution < 1.29 is 9.13 Å². The van der Waals surface area contributed by atoms with Crippen LogP contribution in [0.5, 0.6) is 5.75 Å². The molecule has 0 bridgehead atoms. The van der Waals surface area contributed by atoms with E-state index in [1.165, 1.54) is 6.07 Å². The van der Waals surface area contributed by atoms with E-state index in [0.717, 1.165) is 5.56 Å². The van der Waals surface area contributed by atoms with E-state index in [4.69, 9.17) is 10.5 Å². The number of methoxy groups -OCH3 is 1. The quantitative estimate of drug-likeness (QED) is 0.824. The van der Waals surface area contributed by atoms with Crippen molar-refractivity contribution >= 4 is 5.69 Å². The second-order valence-electron chi connectivity index (χ2n) is 3.83. The average Bonchev–Trinajstić information content (AvgIpc) is 2.34. The van der Waals surface area contributed by atoms with Crippen molar-refractivity contribution in [2.45, 2.75) is 6.42 Å². The van der Waals surface area contributed by atoms with E-state index < -0.39 is 0 Å². The first-order valence-electron chi connectivity index (χ1n) is 5.36. The maximum Gasteiger partial charge on any atom is 0.126 e. The van der Waals surface area contributed by atoms with Gasteiger partial charge in [0.05, 0.1) is 7.11 Å². The molecule has 2 aromatic carbocycles. The predicted molar refractivity (Wildman–Crippen MR) is 66.6 cm³/mol. The number of anilines is 1. The molecule has 0 aliphatic heterocycles. The van der Waals surface area contributed by atoms with E-state index in [1.807, 2.05) is 18.2 Å². The fourth-order valence-electron chi connectivity index (χ4n) is 1.71. The monoisotopic (exact) mass is 231 g/mol. The second kappa shape index (κ2) is 4.87. The normalized spacial score (nSPS) is 10.2. The maximum absolute atomic E-state index is 13.5. The summed E-state index contributed by atoms with van der Waals surface area (Å²) in [6.07, 6.45) is 0.489. The molecule has 0 saturated carbocycles. The van der Waals surface area contributed by atoms with Crippen molar-refractivity contribution in [2.24, 2.45) is 0 Å². The fraction of sp³-hybridized carbons (Fsp3) is 0.143. The molecule has 0 spiro atoms. The Kier molecular flexibility index (Phi) is 3.28. The molecule has 0 aliphatic carbocycles. The van der Waals surface area contributed by atoms with Crippen LogP contribution in [0.2, 0.25) is 0 Å². The molecule has 0 aromatic heterocycles. The van der Waals surface area contributed by atoms with Crippen LogP contribution in [0.15, 0.2) is 42.5 Å². The lowest BCUT2D eigenvalue weighted by Crippen LogP contribution is -1.98. The molecule has 0 fully saturated rings. The lowest BCUT2D eigenvalue weighted by atomic mass is 10.0.